The molecule has 5 nitrogen and oxygen atoms in total. The van der Waals surface area contributed by atoms with Crippen molar-refractivity contribution in [2.75, 3.05) is 6.26 Å². The molecule has 1 saturated carbocycles. The zero-order valence-corrected chi connectivity index (χ0v) is 13.5. The van der Waals surface area contributed by atoms with E-state index in [1.165, 1.54) is 6.42 Å². The second-order valence-electron chi connectivity index (χ2n) is 5.55. The summed E-state index contributed by atoms with van der Waals surface area (Å²) in [6.07, 6.45) is 7.46. The van der Waals surface area contributed by atoms with E-state index in [1.807, 2.05) is 38.9 Å². The number of amides is 2. The largest absolute Gasteiger partial charge is 0.335 e. The molecular formula is C14H24N4OS. The van der Waals surface area contributed by atoms with Gasteiger partial charge in [0.15, 0.2) is 0 Å². The lowest BCUT2D eigenvalue weighted by molar-refractivity contribution is 0.234. The third kappa shape index (κ3) is 3.69. The van der Waals surface area contributed by atoms with E-state index in [-0.39, 0.29) is 12.1 Å². The lowest BCUT2D eigenvalue weighted by atomic mass is 10.1. The minimum Gasteiger partial charge on any atom is -0.335 e. The summed E-state index contributed by atoms with van der Waals surface area (Å²) in [5.74, 6) is 0. The van der Waals surface area contributed by atoms with E-state index in [4.69, 9.17) is 0 Å². The first kappa shape index (κ1) is 15.2. The number of aromatic nitrogens is 2. The van der Waals surface area contributed by atoms with Crippen LogP contribution in [0.3, 0.4) is 0 Å². The van der Waals surface area contributed by atoms with Gasteiger partial charge >= 0.3 is 6.03 Å². The van der Waals surface area contributed by atoms with Crippen LogP contribution < -0.4 is 10.6 Å². The predicted molar refractivity (Wildman–Crippen MR) is 83.0 cm³/mol. The van der Waals surface area contributed by atoms with Gasteiger partial charge in [-0.15, -0.1) is 0 Å². The summed E-state index contributed by atoms with van der Waals surface area (Å²) in [6, 6.07) is 0.212. The Balaban J connectivity index is 1.84. The minimum absolute atomic E-state index is 0.0264. The van der Waals surface area contributed by atoms with E-state index in [1.54, 1.807) is 4.68 Å². The molecule has 2 amide bonds. The number of hydrogen-bond donors (Lipinski definition) is 2. The molecule has 0 spiro atoms. The standard InChI is InChI=1S/C14H24N4OS/c1-9(13-8-18(3)17-10(13)2)15-14(19)16-11-5-6-12(7-11)20-4/h8-9,11-12H,5-7H2,1-4H3,(H2,15,16,19)/t9-,11-,12+/m0/s1. The molecule has 1 aliphatic rings. The fourth-order valence-electron chi connectivity index (χ4n) is 2.83. The zero-order valence-electron chi connectivity index (χ0n) is 12.6. The van der Waals surface area contributed by atoms with Crippen molar-refractivity contribution in [1.29, 1.82) is 0 Å². The topological polar surface area (TPSA) is 59.0 Å². The van der Waals surface area contributed by atoms with Crippen LogP contribution in [-0.2, 0) is 7.05 Å². The van der Waals surface area contributed by atoms with E-state index in [0.717, 1.165) is 24.1 Å². The number of hydrogen-bond acceptors (Lipinski definition) is 3. The van der Waals surface area contributed by atoms with Gasteiger partial charge in [0, 0.05) is 30.1 Å². The van der Waals surface area contributed by atoms with Crippen molar-refractivity contribution in [3.05, 3.63) is 17.5 Å². The molecule has 1 aromatic rings. The summed E-state index contributed by atoms with van der Waals surface area (Å²) in [5, 5.41) is 11.1. The predicted octanol–water partition coefficient (Wildman–Crippen LogP) is 2.37. The minimum atomic E-state index is -0.0764. The Labute approximate surface area is 124 Å². The van der Waals surface area contributed by atoms with Crippen molar-refractivity contribution in [3.63, 3.8) is 0 Å². The van der Waals surface area contributed by atoms with E-state index in [9.17, 15) is 4.79 Å². The molecule has 0 aliphatic heterocycles. The summed E-state index contributed by atoms with van der Waals surface area (Å²) in [5.41, 5.74) is 2.03. The van der Waals surface area contributed by atoms with Crippen LogP contribution in [-0.4, -0.2) is 33.4 Å². The van der Waals surface area contributed by atoms with Crippen LogP contribution in [0.1, 0.15) is 43.5 Å². The van der Waals surface area contributed by atoms with Crippen LogP contribution in [0.4, 0.5) is 4.79 Å². The number of nitrogens with one attached hydrogen (secondary N) is 2. The first-order valence-electron chi connectivity index (χ1n) is 7.09. The highest BCUT2D eigenvalue weighted by Gasteiger charge is 2.25. The molecule has 2 rings (SSSR count). The van der Waals surface area contributed by atoms with Crippen LogP contribution in [0.15, 0.2) is 6.20 Å². The van der Waals surface area contributed by atoms with Gasteiger partial charge < -0.3 is 10.6 Å². The second-order valence-corrected chi connectivity index (χ2v) is 6.69. The summed E-state index contributed by atoms with van der Waals surface area (Å²) in [4.78, 5) is 12.0. The van der Waals surface area contributed by atoms with E-state index >= 15 is 0 Å². The Morgan fingerprint density at radius 2 is 2.30 bits per heavy atom. The van der Waals surface area contributed by atoms with Crippen molar-refractivity contribution in [2.24, 2.45) is 7.05 Å². The molecule has 0 bridgehead atoms. The van der Waals surface area contributed by atoms with Crippen LogP contribution in [0.5, 0.6) is 0 Å². The van der Waals surface area contributed by atoms with Crippen molar-refractivity contribution in [3.8, 4) is 0 Å². The number of nitrogens with zero attached hydrogens (tertiary/aromatic N) is 2. The fourth-order valence-corrected chi connectivity index (χ4v) is 3.63. The first-order chi connectivity index (χ1) is 9.49. The molecular weight excluding hydrogens is 272 g/mol. The number of aryl methyl sites for hydroxylation is 2. The third-order valence-electron chi connectivity index (χ3n) is 3.92. The Bertz CT molecular complexity index is 474. The normalized spacial score (nSPS) is 23.6. The van der Waals surface area contributed by atoms with Crippen molar-refractivity contribution in [1.82, 2.24) is 20.4 Å². The number of carbonyl (C=O) groups is 1. The molecule has 0 aromatic carbocycles. The molecule has 1 aliphatic carbocycles. The van der Waals surface area contributed by atoms with Crippen molar-refractivity contribution < 1.29 is 4.79 Å². The van der Waals surface area contributed by atoms with Crippen LogP contribution >= 0.6 is 11.8 Å². The highest BCUT2D eigenvalue weighted by Crippen LogP contribution is 2.28. The average molecular weight is 296 g/mol. The van der Waals surface area contributed by atoms with Crippen LogP contribution in [0.25, 0.3) is 0 Å². The molecule has 0 radical (unpaired) electrons. The summed E-state index contributed by atoms with van der Waals surface area (Å²) in [6.45, 7) is 3.95. The molecule has 6 heteroatoms. The molecule has 20 heavy (non-hydrogen) atoms. The lowest BCUT2D eigenvalue weighted by Gasteiger charge is -2.17. The van der Waals surface area contributed by atoms with Crippen molar-refractivity contribution >= 4 is 17.8 Å². The Morgan fingerprint density at radius 3 is 2.85 bits per heavy atom. The highest BCUT2D eigenvalue weighted by atomic mass is 32.2. The smallest absolute Gasteiger partial charge is 0.315 e. The lowest BCUT2D eigenvalue weighted by Crippen LogP contribution is -2.42. The van der Waals surface area contributed by atoms with Gasteiger partial charge in [-0.1, -0.05) is 0 Å². The van der Waals surface area contributed by atoms with Crippen LogP contribution in [0, 0.1) is 6.92 Å². The van der Waals surface area contributed by atoms with E-state index < -0.39 is 0 Å². The third-order valence-corrected chi connectivity index (χ3v) is 5.01. The fraction of sp³-hybridized carbons (Fsp3) is 0.714. The van der Waals surface area contributed by atoms with Gasteiger partial charge in [-0.3, -0.25) is 4.68 Å². The molecule has 0 saturated heterocycles. The van der Waals surface area contributed by atoms with Crippen molar-refractivity contribution in [2.45, 2.75) is 50.4 Å². The number of urea groups is 1. The average Bonchev–Trinajstić information content (AvgIpc) is 2.95. The van der Waals surface area contributed by atoms with Gasteiger partial charge in [-0.2, -0.15) is 16.9 Å². The number of carbonyl (C=O) groups excluding carboxylic acids is 1. The maximum Gasteiger partial charge on any atom is 0.315 e. The second kappa shape index (κ2) is 6.52. The highest BCUT2D eigenvalue weighted by molar-refractivity contribution is 7.99. The summed E-state index contributed by atoms with van der Waals surface area (Å²) < 4.78 is 1.78. The molecule has 1 aromatic heterocycles. The molecule has 2 N–H and O–H groups in total. The quantitative estimate of drug-likeness (QED) is 0.897. The van der Waals surface area contributed by atoms with E-state index in [0.29, 0.717) is 11.3 Å². The molecule has 3 atom stereocenters. The van der Waals surface area contributed by atoms with Gasteiger partial charge in [0.25, 0.3) is 0 Å². The van der Waals surface area contributed by atoms with Gasteiger partial charge in [0.1, 0.15) is 0 Å². The van der Waals surface area contributed by atoms with E-state index in [2.05, 4.69) is 22.0 Å². The van der Waals surface area contributed by atoms with Gasteiger partial charge in [0.2, 0.25) is 0 Å². The molecule has 112 valence electrons. The Hall–Kier alpha value is -1.17. The van der Waals surface area contributed by atoms with Gasteiger partial charge in [-0.25, -0.2) is 4.79 Å². The Morgan fingerprint density at radius 1 is 1.55 bits per heavy atom. The molecule has 1 fully saturated rings. The van der Waals surface area contributed by atoms with Gasteiger partial charge in [0.05, 0.1) is 11.7 Å². The Kier molecular flexibility index (Phi) is 4.96. The summed E-state index contributed by atoms with van der Waals surface area (Å²) in [7, 11) is 1.89. The molecule has 0 unspecified atom stereocenters. The molecule has 1 heterocycles. The van der Waals surface area contributed by atoms with Gasteiger partial charge in [-0.05, 0) is 39.4 Å². The van der Waals surface area contributed by atoms with Crippen LogP contribution in [0.2, 0.25) is 0 Å². The maximum absolute atomic E-state index is 12.0. The zero-order chi connectivity index (χ0) is 14.7. The number of thioether (sulfide) groups is 1. The first-order valence-corrected chi connectivity index (χ1v) is 8.38. The number of rotatable bonds is 4. The summed E-state index contributed by atoms with van der Waals surface area (Å²) >= 11 is 1.90. The SMILES string of the molecule is CS[C@@H]1CC[C@H](NC(=O)N[C@@H](C)c2cn(C)nc2C)C1. The maximum atomic E-state index is 12.0. The monoisotopic (exact) mass is 296 g/mol.